The minimum absolute atomic E-state index is 0.314. The zero-order valence-electron chi connectivity index (χ0n) is 11.6. The molecule has 0 aromatic carbocycles. The number of aryl methyl sites for hydroxylation is 2. The molecule has 0 saturated heterocycles. The standard InChI is InChI=1S/C14H20N2O3/c1-9-8-10(2)15-13(12(9)14(17)18)16(6-7-19-3)11-4-5-11/h8,11H,4-7H2,1-3H3,(H,17,18). The predicted octanol–water partition coefficient (Wildman–Crippen LogP) is 2.01. The quantitative estimate of drug-likeness (QED) is 0.851. The molecule has 0 aliphatic heterocycles. The smallest absolute Gasteiger partial charge is 0.339 e. The third kappa shape index (κ3) is 3.04. The van der Waals surface area contributed by atoms with Crippen molar-refractivity contribution in [2.75, 3.05) is 25.2 Å². The minimum Gasteiger partial charge on any atom is -0.478 e. The highest BCUT2D eigenvalue weighted by Gasteiger charge is 2.32. The van der Waals surface area contributed by atoms with E-state index in [1.807, 2.05) is 19.9 Å². The summed E-state index contributed by atoms with van der Waals surface area (Å²) in [5.41, 5.74) is 1.92. The van der Waals surface area contributed by atoms with Crippen LogP contribution in [0.25, 0.3) is 0 Å². The maximum absolute atomic E-state index is 11.5. The number of carbonyl (C=O) groups is 1. The highest BCUT2D eigenvalue weighted by molar-refractivity contribution is 5.95. The summed E-state index contributed by atoms with van der Waals surface area (Å²) in [5, 5.41) is 9.42. The Labute approximate surface area is 113 Å². The van der Waals surface area contributed by atoms with Crippen LogP contribution in [0.3, 0.4) is 0 Å². The van der Waals surface area contributed by atoms with E-state index in [0.717, 1.165) is 24.1 Å². The molecular formula is C14H20N2O3. The largest absolute Gasteiger partial charge is 0.478 e. The molecule has 1 N–H and O–H groups in total. The first-order valence-electron chi connectivity index (χ1n) is 6.51. The Morgan fingerprint density at radius 1 is 1.53 bits per heavy atom. The van der Waals surface area contributed by atoms with Crippen molar-refractivity contribution in [2.45, 2.75) is 32.7 Å². The van der Waals surface area contributed by atoms with Gasteiger partial charge in [-0.05, 0) is 38.3 Å². The predicted molar refractivity (Wildman–Crippen MR) is 72.9 cm³/mol. The SMILES string of the molecule is COCCN(c1nc(C)cc(C)c1C(=O)O)C1CC1. The van der Waals surface area contributed by atoms with Crippen molar-refractivity contribution in [1.82, 2.24) is 4.98 Å². The number of nitrogens with zero attached hydrogens (tertiary/aromatic N) is 2. The Morgan fingerprint density at radius 3 is 2.74 bits per heavy atom. The number of carboxylic acid groups (broad SMARTS) is 1. The highest BCUT2D eigenvalue weighted by Crippen LogP contribution is 2.33. The van der Waals surface area contributed by atoms with Crippen LogP contribution in [0.4, 0.5) is 5.82 Å². The Bertz CT molecular complexity index is 484. The van der Waals surface area contributed by atoms with Crippen molar-refractivity contribution in [2.24, 2.45) is 0 Å². The fourth-order valence-electron chi connectivity index (χ4n) is 2.33. The van der Waals surface area contributed by atoms with Crippen LogP contribution in [-0.2, 0) is 4.74 Å². The Morgan fingerprint density at radius 2 is 2.21 bits per heavy atom. The molecule has 1 saturated carbocycles. The van der Waals surface area contributed by atoms with Crippen molar-refractivity contribution in [3.8, 4) is 0 Å². The van der Waals surface area contributed by atoms with E-state index < -0.39 is 5.97 Å². The topological polar surface area (TPSA) is 62.7 Å². The number of aromatic nitrogens is 1. The van der Waals surface area contributed by atoms with Gasteiger partial charge in [0.15, 0.2) is 0 Å². The normalized spacial score (nSPS) is 14.5. The lowest BCUT2D eigenvalue weighted by Gasteiger charge is -2.25. The van der Waals surface area contributed by atoms with E-state index in [2.05, 4.69) is 9.88 Å². The summed E-state index contributed by atoms with van der Waals surface area (Å²) in [4.78, 5) is 18.0. The number of hydrogen-bond donors (Lipinski definition) is 1. The molecule has 0 bridgehead atoms. The van der Waals surface area contributed by atoms with Crippen molar-refractivity contribution in [3.63, 3.8) is 0 Å². The molecule has 5 nitrogen and oxygen atoms in total. The summed E-state index contributed by atoms with van der Waals surface area (Å²) >= 11 is 0. The van der Waals surface area contributed by atoms with Crippen LogP contribution in [0.5, 0.6) is 0 Å². The molecule has 0 unspecified atom stereocenters. The van der Waals surface area contributed by atoms with Crippen LogP contribution in [0.15, 0.2) is 6.07 Å². The Balaban J connectivity index is 2.42. The summed E-state index contributed by atoms with van der Waals surface area (Å²) < 4.78 is 5.12. The molecule has 5 heteroatoms. The summed E-state index contributed by atoms with van der Waals surface area (Å²) in [6, 6.07) is 2.22. The van der Waals surface area contributed by atoms with E-state index in [0.29, 0.717) is 30.6 Å². The summed E-state index contributed by atoms with van der Waals surface area (Å²) in [6.07, 6.45) is 2.19. The average Bonchev–Trinajstić information content (AvgIpc) is 3.12. The minimum atomic E-state index is -0.914. The van der Waals surface area contributed by atoms with Gasteiger partial charge in [-0.3, -0.25) is 0 Å². The van der Waals surface area contributed by atoms with Crippen LogP contribution < -0.4 is 4.90 Å². The number of carboxylic acids is 1. The van der Waals surface area contributed by atoms with Crippen molar-refractivity contribution in [3.05, 3.63) is 22.9 Å². The monoisotopic (exact) mass is 264 g/mol. The molecule has 1 aliphatic rings. The molecule has 0 radical (unpaired) electrons. The Hall–Kier alpha value is -1.62. The number of anilines is 1. The number of hydrogen-bond acceptors (Lipinski definition) is 4. The van der Waals surface area contributed by atoms with Gasteiger partial charge in [-0.2, -0.15) is 0 Å². The van der Waals surface area contributed by atoms with Gasteiger partial charge in [-0.15, -0.1) is 0 Å². The first-order valence-corrected chi connectivity index (χ1v) is 6.51. The Kier molecular flexibility index (Phi) is 4.04. The molecule has 2 rings (SSSR count). The number of rotatable bonds is 6. The van der Waals surface area contributed by atoms with Gasteiger partial charge >= 0.3 is 5.97 Å². The number of ether oxygens (including phenoxy) is 1. The van der Waals surface area contributed by atoms with Crippen LogP contribution in [0.1, 0.15) is 34.5 Å². The van der Waals surface area contributed by atoms with Crippen molar-refractivity contribution < 1.29 is 14.6 Å². The van der Waals surface area contributed by atoms with Gasteiger partial charge in [0.25, 0.3) is 0 Å². The summed E-state index contributed by atoms with van der Waals surface area (Å²) in [6.45, 7) is 4.97. The third-order valence-electron chi connectivity index (χ3n) is 3.34. The molecule has 1 aromatic heterocycles. The first-order chi connectivity index (χ1) is 9.04. The molecule has 1 heterocycles. The molecule has 0 atom stereocenters. The van der Waals surface area contributed by atoms with Crippen molar-refractivity contribution in [1.29, 1.82) is 0 Å². The lowest BCUT2D eigenvalue weighted by molar-refractivity contribution is 0.0696. The van der Waals surface area contributed by atoms with E-state index in [-0.39, 0.29) is 0 Å². The van der Waals surface area contributed by atoms with E-state index >= 15 is 0 Å². The fraction of sp³-hybridized carbons (Fsp3) is 0.571. The average molecular weight is 264 g/mol. The fourth-order valence-corrected chi connectivity index (χ4v) is 2.33. The zero-order chi connectivity index (χ0) is 14.0. The molecule has 0 spiro atoms. The third-order valence-corrected chi connectivity index (χ3v) is 3.34. The highest BCUT2D eigenvalue weighted by atomic mass is 16.5. The van der Waals surface area contributed by atoms with Gasteiger partial charge in [-0.1, -0.05) is 0 Å². The van der Waals surface area contributed by atoms with E-state index in [1.54, 1.807) is 7.11 Å². The summed E-state index contributed by atoms with van der Waals surface area (Å²) in [5.74, 6) is -0.326. The van der Waals surface area contributed by atoms with E-state index in [4.69, 9.17) is 4.74 Å². The van der Waals surface area contributed by atoms with Crippen molar-refractivity contribution >= 4 is 11.8 Å². The lowest BCUT2D eigenvalue weighted by atomic mass is 10.1. The first kappa shape index (κ1) is 13.8. The zero-order valence-corrected chi connectivity index (χ0v) is 11.6. The lowest BCUT2D eigenvalue weighted by Crippen LogP contribution is -2.32. The molecule has 1 fully saturated rings. The second-order valence-electron chi connectivity index (χ2n) is 5.00. The second-order valence-corrected chi connectivity index (χ2v) is 5.00. The van der Waals surface area contributed by atoms with Crippen LogP contribution >= 0.6 is 0 Å². The molecule has 104 valence electrons. The molecule has 1 aliphatic carbocycles. The maximum Gasteiger partial charge on any atom is 0.339 e. The van der Waals surface area contributed by atoms with Gasteiger partial charge in [0.2, 0.25) is 0 Å². The number of aromatic carboxylic acids is 1. The summed E-state index contributed by atoms with van der Waals surface area (Å²) in [7, 11) is 1.65. The molecule has 19 heavy (non-hydrogen) atoms. The number of pyridine rings is 1. The van der Waals surface area contributed by atoms with Crippen LogP contribution in [0.2, 0.25) is 0 Å². The van der Waals surface area contributed by atoms with Gasteiger partial charge < -0.3 is 14.7 Å². The van der Waals surface area contributed by atoms with Gasteiger partial charge in [-0.25, -0.2) is 9.78 Å². The van der Waals surface area contributed by atoms with Gasteiger partial charge in [0.1, 0.15) is 11.4 Å². The molecular weight excluding hydrogens is 244 g/mol. The van der Waals surface area contributed by atoms with Gasteiger partial charge in [0.05, 0.1) is 6.61 Å². The van der Waals surface area contributed by atoms with E-state index in [9.17, 15) is 9.90 Å². The maximum atomic E-state index is 11.5. The van der Waals surface area contributed by atoms with Gasteiger partial charge in [0, 0.05) is 25.4 Å². The molecule has 0 amide bonds. The van der Waals surface area contributed by atoms with Crippen LogP contribution in [-0.4, -0.2) is 42.4 Å². The number of methoxy groups -OCH3 is 1. The van der Waals surface area contributed by atoms with Crippen LogP contribution in [0, 0.1) is 13.8 Å². The second kappa shape index (κ2) is 5.57. The molecule has 1 aromatic rings. The van der Waals surface area contributed by atoms with E-state index in [1.165, 1.54) is 0 Å².